The van der Waals surface area contributed by atoms with E-state index >= 15 is 0 Å². The van der Waals surface area contributed by atoms with Gasteiger partial charge in [0.2, 0.25) is 5.71 Å². The number of benzene rings is 1. The van der Waals surface area contributed by atoms with Gasteiger partial charge in [-0.2, -0.15) is 15.6 Å². The van der Waals surface area contributed by atoms with E-state index in [1.54, 1.807) is 16.8 Å². The molecule has 7 heteroatoms. The van der Waals surface area contributed by atoms with Crippen LogP contribution in [-0.2, 0) is 6.42 Å². The van der Waals surface area contributed by atoms with Crippen LogP contribution in [-0.4, -0.2) is 20.7 Å². The largest absolute Gasteiger partial charge is 0.276 e. The van der Waals surface area contributed by atoms with E-state index in [9.17, 15) is 0 Å². The van der Waals surface area contributed by atoms with Crippen molar-refractivity contribution in [1.29, 1.82) is 10.5 Å². The number of hydrogen-bond donors (Lipinski definition) is 1. The molecule has 0 aliphatic rings. The summed E-state index contributed by atoms with van der Waals surface area (Å²) in [4.78, 5) is 0. The highest BCUT2D eigenvalue weighted by molar-refractivity contribution is 6.10. The number of aryl methyl sites for hydroxylation is 2. The Kier molecular flexibility index (Phi) is 4.27. The normalized spacial score (nSPS) is 9.52. The monoisotopic (exact) mass is 279 g/mol. The van der Waals surface area contributed by atoms with E-state index in [0.717, 1.165) is 23.4 Å². The fourth-order valence-electron chi connectivity index (χ4n) is 1.70. The van der Waals surface area contributed by atoms with Gasteiger partial charge in [-0.25, -0.2) is 4.68 Å². The SMILES string of the molecule is CCc1cn(-c2cc(NN=C(C#N)C#N)ccc2C)nn1. The van der Waals surface area contributed by atoms with Crippen LogP contribution in [0.2, 0.25) is 0 Å². The zero-order valence-electron chi connectivity index (χ0n) is 11.7. The summed E-state index contributed by atoms with van der Waals surface area (Å²) >= 11 is 0. The molecule has 0 amide bonds. The van der Waals surface area contributed by atoms with Crippen LogP contribution in [0.3, 0.4) is 0 Å². The minimum absolute atomic E-state index is 0.230. The van der Waals surface area contributed by atoms with Crippen molar-refractivity contribution in [1.82, 2.24) is 15.0 Å². The van der Waals surface area contributed by atoms with Gasteiger partial charge in [0.15, 0.2) is 0 Å². The first-order valence-electron chi connectivity index (χ1n) is 6.34. The Balaban J connectivity index is 2.32. The molecule has 1 aromatic heterocycles. The van der Waals surface area contributed by atoms with Crippen LogP contribution in [0.1, 0.15) is 18.2 Å². The third kappa shape index (κ3) is 3.23. The van der Waals surface area contributed by atoms with Gasteiger partial charge in [-0.1, -0.05) is 18.2 Å². The van der Waals surface area contributed by atoms with Gasteiger partial charge in [0.1, 0.15) is 12.1 Å². The maximum absolute atomic E-state index is 8.64. The van der Waals surface area contributed by atoms with Crippen molar-refractivity contribution in [3.63, 3.8) is 0 Å². The van der Waals surface area contributed by atoms with E-state index in [-0.39, 0.29) is 5.71 Å². The quantitative estimate of drug-likeness (QED) is 0.680. The Bertz CT molecular complexity index is 742. The van der Waals surface area contributed by atoms with Crippen LogP contribution in [0.4, 0.5) is 5.69 Å². The van der Waals surface area contributed by atoms with Crippen LogP contribution in [0.25, 0.3) is 5.69 Å². The number of nitriles is 2. The average molecular weight is 279 g/mol. The summed E-state index contributed by atoms with van der Waals surface area (Å²) in [6.07, 6.45) is 2.68. The summed E-state index contributed by atoms with van der Waals surface area (Å²) in [7, 11) is 0. The van der Waals surface area contributed by atoms with Crippen molar-refractivity contribution in [2.24, 2.45) is 5.10 Å². The van der Waals surface area contributed by atoms with Gasteiger partial charge in [-0.15, -0.1) is 5.10 Å². The second-order valence-corrected chi connectivity index (χ2v) is 4.31. The Labute approximate surface area is 122 Å². The van der Waals surface area contributed by atoms with Crippen molar-refractivity contribution in [2.45, 2.75) is 20.3 Å². The summed E-state index contributed by atoms with van der Waals surface area (Å²) in [5, 5.41) is 29.2. The summed E-state index contributed by atoms with van der Waals surface area (Å²) < 4.78 is 1.69. The molecule has 1 heterocycles. The number of nitrogens with one attached hydrogen (secondary N) is 1. The minimum atomic E-state index is -0.230. The molecule has 21 heavy (non-hydrogen) atoms. The van der Waals surface area contributed by atoms with Crippen molar-refractivity contribution in [3.05, 3.63) is 35.7 Å². The number of anilines is 1. The topological polar surface area (TPSA) is 103 Å². The van der Waals surface area contributed by atoms with Gasteiger partial charge in [0, 0.05) is 0 Å². The van der Waals surface area contributed by atoms with Crippen LogP contribution < -0.4 is 5.43 Å². The highest BCUT2D eigenvalue weighted by Crippen LogP contribution is 2.19. The van der Waals surface area contributed by atoms with E-state index in [1.807, 2.05) is 38.2 Å². The van der Waals surface area contributed by atoms with Crippen molar-refractivity contribution < 1.29 is 0 Å². The summed E-state index contributed by atoms with van der Waals surface area (Å²) in [6, 6.07) is 8.93. The van der Waals surface area contributed by atoms with Gasteiger partial charge in [-0.3, -0.25) is 5.43 Å². The molecule has 104 valence electrons. The van der Waals surface area contributed by atoms with Crippen molar-refractivity contribution in [3.8, 4) is 17.8 Å². The van der Waals surface area contributed by atoms with Gasteiger partial charge < -0.3 is 0 Å². The van der Waals surface area contributed by atoms with E-state index in [1.165, 1.54) is 0 Å². The first kappa shape index (κ1) is 14.2. The van der Waals surface area contributed by atoms with Gasteiger partial charge in [0.25, 0.3) is 0 Å². The zero-order valence-corrected chi connectivity index (χ0v) is 11.7. The molecule has 0 fully saturated rings. The lowest BCUT2D eigenvalue weighted by Gasteiger charge is -2.07. The number of nitrogens with zero attached hydrogens (tertiary/aromatic N) is 6. The van der Waals surface area contributed by atoms with Crippen molar-refractivity contribution in [2.75, 3.05) is 5.43 Å². The molecule has 0 aliphatic carbocycles. The zero-order chi connectivity index (χ0) is 15.2. The van der Waals surface area contributed by atoms with Gasteiger partial charge in [-0.05, 0) is 31.0 Å². The van der Waals surface area contributed by atoms with Crippen LogP contribution in [0.5, 0.6) is 0 Å². The lowest BCUT2D eigenvalue weighted by atomic mass is 10.2. The molecular weight excluding hydrogens is 266 g/mol. The molecule has 2 rings (SSSR count). The third-order valence-electron chi connectivity index (χ3n) is 2.87. The summed E-state index contributed by atoms with van der Waals surface area (Å²) in [5.74, 6) is 0. The number of rotatable bonds is 4. The molecule has 0 unspecified atom stereocenters. The highest BCUT2D eigenvalue weighted by Gasteiger charge is 2.06. The molecule has 0 spiro atoms. The third-order valence-corrected chi connectivity index (χ3v) is 2.87. The molecule has 0 aliphatic heterocycles. The highest BCUT2D eigenvalue weighted by atomic mass is 15.4. The Morgan fingerprint density at radius 1 is 1.38 bits per heavy atom. The molecule has 0 saturated heterocycles. The Morgan fingerprint density at radius 3 is 2.76 bits per heavy atom. The second-order valence-electron chi connectivity index (χ2n) is 4.31. The molecule has 0 bridgehead atoms. The first-order valence-corrected chi connectivity index (χ1v) is 6.34. The molecular formula is C14H13N7. The smallest absolute Gasteiger partial charge is 0.237 e. The molecule has 0 radical (unpaired) electrons. The fourth-order valence-corrected chi connectivity index (χ4v) is 1.70. The summed E-state index contributed by atoms with van der Waals surface area (Å²) in [5.41, 5.74) is 5.90. The predicted molar refractivity (Wildman–Crippen MR) is 77.8 cm³/mol. The molecule has 0 atom stereocenters. The van der Waals surface area contributed by atoms with E-state index in [2.05, 4.69) is 20.8 Å². The molecule has 1 N–H and O–H groups in total. The molecule has 2 aromatic rings. The maximum Gasteiger partial charge on any atom is 0.237 e. The average Bonchev–Trinajstić information content (AvgIpc) is 2.98. The predicted octanol–water partition coefficient (Wildman–Crippen LogP) is 1.95. The fraction of sp³-hybridized carbons (Fsp3) is 0.214. The van der Waals surface area contributed by atoms with Gasteiger partial charge in [0.05, 0.1) is 23.3 Å². The number of aromatic nitrogens is 3. The lowest BCUT2D eigenvalue weighted by molar-refractivity contribution is 0.793. The van der Waals surface area contributed by atoms with E-state index in [4.69, 9.17) is 10.5 Å². The molecule has 1 aromatic carbocycles. The Morgan fingerprint density at radius 2 is 2.14 bits per heavy atom. The van der Waals surface area contributed by atoms with Crippen LogP contribution in [0, 0.1) is 29.6 Å². The number of hydrogen-bond acceptors (Lipinski definition) is 6. The first-order chi connectivity index (χ1) is 10.2. The van der Waals surface area contributed by atoms with Gasteiger partial charge >= 0.3 is 0 Å². The molecule has 7 nitrogen and oxygen atoms in total. The summed E-state index contributed by atoms with van der Waals surface area (Å²) in [6.45, 7) is 3.98. The number of hydrazone groups is 1. The van der Waals surface area contributed by atoms with Crippen LogP contribution >= 0.6 is 0 Å². The lowest BCUT2D eigenvalue weighted by Crippen LogP contribution is -2.01. The van der Waals surface area contributed by atoms with Crippen molar-refractivity contribution >= 4 is 11.4 Å². The Hall–Kier alpha value is -3.19. The van der Waals surface area contributed by atoms with E-state index < -0.39 is 0 Å². The van der Waals surface area contributed by atoms with E-state index in [0.29, 0.717) is 5.69 Å². The maximum atomic E-state index is 8.64. The standard InChI is InChI=1S/C14H13N7/c1-3-11-9-21(20-19-11)14-6-12(5-4-10(14)2)17-18-13(7-15)8-16/h4-6,9,17H,3H2,1-2H3. The molecule has 0 saturated carbocycles. The van der Waals surface area contributed by atoms with Crippen LogP contribution in [0.15, 0.2) is 29.5 Å². The second kappa shape index (κ2) is 6.31. The minimum Gasteiger partial charge on any atom is -0.276 e.